The van der Waals surface area contributed by atoms with Crippen molar-refractivity contribution in [3.8, 4) is 0 Å². The number of aromatic nitrogens is 2. The number of rotatable bonds is 4. The lowest BCUT2D eigenvalue weighted by Gasteiger charge is -2.20. The predicted molar refractivity (Wildman–Crippen MR) is 98.7 cm³/mol. The molecular formula is C19H17F2N5O. The normalized spacial score (nSPS) is 16.7. The van der Waals surface area contributed by atoms with Crippen molar-refractivity contribution in [1.82, 2.24) is 9.97 Å². The lowest BCUT2D eigenvalue weighted by molar-refractivity contribution is 0.100. The lowest BCUT2D eigenvalue weighted by atomic mass is 10.1. The van der Waals surface area contributed by atoms with Crippen LogP contribution in [0.2, 0.25) is 0 Å². The summed E-state index contributed by atoms with van der Waals surface area (Å²) in [6, 6.07) is 9.31. The largest absolute Gasteiger partial charge is 0.367 e. The molecule has 6 nitrogen and oxygen atoms in total. The molecule has 4 rings (SSSR count). The minimum absolute atomic E-state index is 0.0111. The Morgan fingerprint density at radius 2 is 2.00 bits per heavy atom. The van der Waals surface area contributed by atoms with Gasteiger partial charge in [-0.25, -0.2) is 18.7 Å². The number of para-hydroxylation sites is 1. The maximum Gasteiger partial charge on any atom is 0.250 e. The number of nitrogens with one attached hydrogen (secondary N) is 1. The summed E-state index contributed by atoms with van der Waals surface area (Å²) in [5.74, 6) is -1.67. The van der Waals surface area contributed by atoms with Crippen molar-refractivity contribution >= 4 is 28.3 Å². The van der Waals surface area contributed by atoms with Crippen LogP contribution in [0.1, 0.15) is 16.8 Å². The van der Waals surface area contributed by atoms with Gasteiger partial charge >= 0.3 is 0 Å². The summed E-state index contributed by atoms with van der Waals surface area (Å²) in [5, 5.41) is 4.01. The number of amides is 1. The van der Waals surface area contributed by atoms with Gasteiger partial charge in [-0.3, -0.25) is 4.79 Å². The van der Waals surface area contributed by atoms with Gasteiger partial charge in [-0.2, -0.15) is 0 Å². The molecule has 3 N–H and O–H groups in total. The van der Waals surface area contributed by atoms with Crippen LogP contribution in [-0.4, -0.2) is 35.0 Å². The highest BCUT2D eigenvalue weighted by molar-refractivity contribution is 6.06. The van der Waals surface area contributed by atoms with Crippen molar-refractivity contribution in [3.63, 3.8) is 0 Å². The van der Waals surface area contributed by atoms with Crippen LogP contribution >= 0.6 is 0 Å². The van der Waals surface area contributed by atoms with E-state index in [4.69, 9.17) is 5.73 Å². The lowest BCUT2D eigenvalue weighted by Crippen LogP contribution is -2.27. The highest BCUT2D eigenvalue weighted by atomic mass is 19.2. The third-order valence-electron chi connectivity index (χ3n) is 4.73. The Bertz CT molecular complexity index is 1030. The molecule has 1 aromatic heterocycles. The Morgan fingerprint density at radius 1 is 1.19 bits per heavy atom. The average Bonchev–Trinajstić information content (AvgIpc) is 3.12. The van der Waals surface area contributed by atoms with Crippen LogP contribution in [0.15, 0.2) is 42.7 Å². The van der Waals surface area contributed by atoms with Gasteiger partial charge in [0.25, 0.3) is 5.91 Å². The number of nitrogens with two attached hydrogens (primary N) is 1. The molecule has 3 aromatic rings. The average molecular weight is 369 g/mol. The maximum absolute atomic E-state index is 14.0. The van der Waals surface area contributed by atoms with E-state index in [1.165, 1.54) is 12.4 Å². The number of primary amides is 1. The second-order valence-corrected chi connectivity index (χ2v) is 6.44. The molecule has 0 saturated carbocycles. The Kier molecular flexibility index (Phi) is 4.31. The Labute approximate surface area is 154 Å². The minimum atomic E-state index is -0.857. The molecule has 138 valence electrons. The van der Waals surface area contributed by atoms with Gasteiger partial charge in [0, 0.05) is 24.5 Å². The van der Waals surface area contributed by atoms with Crippen molar-refractivity contribution in [2.75, 3.05) is 23.3 Å². The molecule has 8 heteroatoms. The Morgan fingerprint density at radius 3 is 2.81 bits per heavy atom. The van der Waals surface area contributed by atoms with Gasteiger partial charge in [0.2, 0.25) is 0 Å². The zero-order chi connectivity index (χ0) is 19.0. The second-order valence-electron chi connectivity index (χ2n) is 6.44. The first-order valence-corrected chi connectivity index (χ1v) is 8.53. The smallest absolute Gasteiger partial charge is 0.250 e. The van der Waals surface area contributed by atoms with E-state index in [1.54, 1.807) is 23.1 Å². The van der Waals surface area contributed by atoms with E-state index in [0.29, 0.717) is 35.4 Å². The molecule has 1 saturated heterocycles. The van der Waals surface area contributed by atoms with Crippen LogP contribution in [0.4, 0.5) is 20.3 Å². The molecule has 0 bridgehead atoms. The molecule has 0 aliphatic carbocycles. The summed E-state index contributed by atoms with van der Waals surface area (Å²) in [7, 11) is 0. The standard InChI is InChI=1S/C19H17F2N5O/c20-14-5-2-6-15(16(14)21)26-8-7-11(9-26)25-19-13-4-1-3-12(18(22)27)17(13)23-10-24-19/h1-6,10-11H,7-9H2,(H2,22,27)(H,23,24,25). The number of anilines is 2. The second kappa shape index (κ2) is 6.79. The number of hydrogen-bond acceptors (Lipinski definition) is 5. The van der Waals surface area contributed by atoms with Crippen LogP contribution in [0.5, 0.6) is 0 Å². The summed E-state index contributed by atoms with van der Waals surface area (Å²) in [6.45, 7) is 1.09. The van der Waals surface area contributed by atoms with Gasteiger partial charge in [-0.1, -0.05) is 12.1 Å². The van der Waals surface area contributed by atoms with Crippen molar-refractivity contribution in [3.05, 3.63) is 59.9 Å². The molecule has 2 heterocycles. The molecule has 1 amide bonds. The number of fused-ring (bicyclic) bond motifs is 1. The number of nitrogens with zero attached hydrogens (tertiary/aromatic N) is 3. The molecule has 2 aromatic carbocycles. The molecule has 1 aliphatic heterocycles. The van der Waals surface area contributed by atoms with E-state index in [9.17, 15) is 13.6 Å². The van der Waals surface area contributed by atoms with E-state index in [2.05, 4.69) is 15.3 Å². The van der Waals surface area contributed by atoms with Crippen molar-refractivity contribution < 1.29 is 13.6 Å². The van der Waals surface area contributed by atoms with E-state index in [1.807, 2.05) is 6.07 Å². The summed E-state index contributed by atoms with van der Waals surface area (Å²) in [6.07, 6.45) is 2.10. The fourth-order valence-corrected chi connectivity index (χ4v) is 3.43. The quantitative estimate of drug-likeness (QED) is 0.739. The number of carbonyl (C=O) groups excluding carboxylic acids is 1. The summed E-state index contributed by atoms with van der Waals surface area (Å²) >= 11 is 0. The first-order chi connectivity index (χ1) is 13.0. The van der Waals surface area contributed by atoms with E-state index < -0.39 is 17.5 Å². The van der Waals surface area contributed by atoms with E-state index in [0.717, 1.165) is 12.5 Å². The molecule has 1 aliphatic rings. The molecule has 1 atom stereocenters. The highest BCUT2D eigenvalue weighted by Crippen LogP contribution is 2.28. The first-order valence-electron chi connectivity index (χ1n) is 8.53. The predicted octanol–water partition coefficient (Wildman–Crippen LogP) is 2.70. The van der Waals surface area contributed by atoms with Gasteiger partial charge in [0.05, 0.1) is 16.8 Å². The van der Waals surface area contributed by atoms with Crippen LogP contribution in [0.3, 0.4) is 0 Å². The minimum Gasteiger partial charge on any atom is -0.367 e. The van der Waals surface area contributed by atoms with Crippen LogP contribution < -0.4 is 16.0 Å². The number of hydrogen-bond donors (Lipinski definition) is 2. The summed E-state index contributed by atoms with van der Waals surface area (Å²) in [5.41, 5.74) is 6.47. The fraction of sp³-hybridized carbons (Fsp3) is 0.211. The van der Waals surface area contributed by atoms with Gasteiger partial charge in [0.1, 0.15) is 12.1 Å². The molecule has 1 unspecified atom stereocenters. The first kappa shape index (κ1) is 17.1. The highest BCUT2D eigenvalue weighted by Gasteiger charge is 2.26. The molecular weight excluding hydrogens is 352 g/mol. The number of carbonyl (C=O) groups is 1. The van der Waals surface area contributed by atoms with Crippen molar-refractivity contribution in [2.24, 2.45) is 5.73 Å². The van der Waals surface area contributed by atoms with Gasteiger partial charge in [-0.15, -0.1) is 0 Å². The summed E-state index contributed by atoms with van der Waals surface area (Å²) in [4.78, 5) is 21.8. The fourth-order valence-electron chi connectivity index (χ4n) is 3.43. The molecule has 0 spiro atoms. The molecule has 27 heavy (non-hydrogen) atoms. The third kappa shape index (κ3) is 3.14. The van der Waals surface area contributed by atoms with Gasteiger partial charge in [0.15, 0.2) is 11.6 Å². The van der Waals surface area contributed by atoms with E-state index >= 15 is 0 Å². The third-order valence-corrected chi connectivity index (χ3v) is 4.73. The van der Waals surface area contributed by atoms with E-state index in [-0.39, 0.29) is 11.7 Å². The van der Waals surface area contributed by atoms with Crippen LogP contribution in [0.25, 0.3) is 10.9 Å². The number of halogens is 2. The van der Waals surface area contributed by atoms with Gasteiger partial charge < -0.3 is 16.0 Å². The summed E-state index contributed by atoms with van der Waals surface area (Å²) < 4.78 is 27.5. The molecule has 1 fully saturated rings. The molecule has 0 radical (unpaired) electrons. The zero-order valence-corrected chi connectivity index (χ0v) is 14.3. The van der Waals surface area contributed by atoms with Crippen molar-refractivity contribution in [1.29, 1.82) is 0 Å². The zero-order valence-electron chi connectivity index (χ0n) is 14.3. The Balaban J connectivity index is 1.58. The maximum atomic E-state index is 14.0. The van der Waals surface area contributed by atoms with Crippen molar-refractivity contribution in [2.45, 2.75) is 12.5 Å². The van der Waals surface area contributed by atoms with Gasteiger partial charge in [-0.05, 0) is 30.7 Å². The topological polar surface area (TPSA) is 84.1 Å². The van der Waals surface area contributed by atoms with Crippen LogP contribution in [-0.2, 0) is 0 Å². The number of benzene rings is 2. The SMILES string of the molecule is NC(=O)c1cccc2c(NC3CCN(c4cccc(F)c4F)C3)ncnc12. The Hall–Kier alpha value is -3.29. The monoisotopic (exact) mass is 369 g/mol. The van der Waals surface area contributed by atoms with Crippen LogP contribution in [0, 0.1) is 11.6 Å².